The van der Waals surface area contributed by atoms with Crippen LogP contribution in [0.4, 0.5) is 4.39 Å². The fourth-order valence-electron chi connectivity index (χ4n) is 1.73. The van der Waals surface area contributed by atoms with Crippen LogP contribution in [-0.4, -0.2) is 6.04 Å². The smallest absolute Gasteiger partial charge is 0.131 e. The number of nitrogens with one attached hydrogen (secondary N) is 1. The minimum atomic E-state index is -0.269. The van der Waals surface area contributed by atoms with Gasteiger partial charge in [0, 0.05) is 22.6 Å². The van der Waals surface area contributed by atoms with Crippen molar-refractivity contribution in [2.75, 3.05) is 0 Å². The summed E-state index contributed by atoms with van der Waals surface area (Å²) in [4.78, 5) is 0. The van der Waals surface area contributed by atoms with Gasteiger partial charge in [-0.3, -0.25) is 0 Å². The van der Waals surface area contributed by atoms with Crippen molar-refractivity contribution in [1.29, 1.82) is 0 Å². The van der Waals surface area contributed by atoms with E-state index < -0.39 is 0 Å². The molecule has 20 heavy (non-hydrogen) atoms. The lowest BCUT2D eigenvalue weighted by Gasteiger charge is -2.14. The van der Waals surface area contributed by atoms with Gasteiger partial charge in [-0.25, -0.2) is 4.39 Å². The Morgan fingerprint density at radius 1 is 1.15 bits per heavy atom. The molecule has 0 aliphatic rings. The first-order chi connectivity index (χ1) is 9.54. The van der Waals surface area contributed by atoms with E-state index in [1.807, 2.05) is 18.2 Å². The van der Waals surface area contributed by atoms with Crippen LogP contribution in [0.3, 0.4) is 0 Å². The lowest BCUT2D eigenvalue weighted by Crippen LogP contribution is -2.22. The van der Waals surface area contributed by atoms with Crippen LogP contribution in [0.15, 0.2) is 46.9 Å². The predicted octanol–water partition coefficient (Wildman–Crippen LogP) is 4.88. The molecule has 0 aliphatic carbocycles. The first kappa shape index (κ1) is 15.0. The standard InChI is InChI=1S/C16H17BrFNO/c1-11(2)19-10-12-9-13(17)3-8-16(12)20-15-6-4-14(18)5-7-15/h3-9,11,19H,10H2,1-2H3. The highest BCUT2D eigenvalue weighted by Crippen LogP contribution is 2.28. The molecule has 0 amide bonds. The molecule has 106 valence electrons. The molecule has 0 atom stereocenters. The number of benzene rings is 2. The van der Waals surface area contributed by atoms with Gasteiger partial charge in [0.2, 0.25) is 0 Å². The Morgan fingerprint density at radius 3 is 2.50 bits per heavy atom. The minimum absolute atomic E-state index is 0.269. The number of hydrogen-bond acceptors (Lipinski definition) is 2. The molecule has 4 heteroatoms. The van der Waals surface area contributed by atoms with Crippen LogP contribution in [0, 0.1) is 5.82 Å². The summed E-state index contributed by atoms with van der Waals surface area (Å²) in [5.74, 6) is 1.13. The first-order valence-electron chi connectivity index (χ1n) is 6.50. The third-order valence-corrected chi connectivity index (χ3v) is 3.26. The van der Waals surface area contributed by atoms with E-state index in [4.69, 9.17) is 4.74 Å². The monoisotopic (exact) mass is 337 g/mol. The summed E-state index contributed by atoms with van der Waals surface area (Å²) < 4.78 is 19.7. The summed E-state index contributed by atoms with van der Waals surface area (Å²) in [6, 6.07) is 12.3. The van der Waals surface area contributed by atoms with Crippen molar-refractivity contribution < 1.29 is 9.13 Å². The normalized spacial score (nSPS) is 10.8. The highest BCUT2D eigenvalue weighted by molar-refractivity contribution is 9.10. The van der Waals surface area contributed by atoms with Crippen LogP contribution in [0.25, 0.3) is 0 Å². The van der Waals surface area contributed by atoms with Crippen LogP contribution in [0.1, 0.15) is 19.4 Å². The Kier molecular flexibility index (Phi) is 5.15. The number of hydrogen-bond donors (Lipinski definition) is 1. The van der Waals surface area contributed by atoms with Crippen molar-refractivity contribution in [2.24, 2.45) is 0 Å². The molecule has 0 unspecified atom stereocenters. The number of ether oxygens (including phenoxy) is 1. The summed E-state index contributed by atoms with van der Waals surface area (Å²) in [7, 11) is 0. The fourth-order valence-corrected chi connectivity index (χ4v) is 2.14. The van der Waals surface area contributed by atoms with Crippen LogP contribution >= 0.6 is 15.9 Å². The summed E-state index contributed by atoms with van der Waals surface area (Å²) in [5, 5.41) is 3.36. The molecule has 2 nitrogen and oxygen atoms in total. The average Bonchev–Trinajstić information content (AvgIpc) is 2.41. The van der Waals surface area contributed by atoms with Crippen LogP contribution in [-0.2, 0) is 6.54 Å². The van der Waals surface area contributed by atoms with Crippen LogP contribution in [0.2, 0.25) is 0 Å². The van der Waals surface area contributed by atoms with Gasteiger partial charge in [0.1, 0.15) is 17.3 Å². The molecule has 2 rings (SSSR count). The highest BCUT2D eigenvalue weighted by atomic mass is 79.9. The SMILES string of the molecule is CC(C)NCc1cc(Br)ccc1Oc1ccc(F)cc1. The van der Waals surface area contributed by atoms with E-state index >= 15 is 0 Å². The Morgan fingerprint density at radius 2 is 1.85 bits per heavy atom. The van der Waals surface area contributed by atoms with Crippen molar-refractivity contribution in [3.63, 3.8) is 0 Å². The van der Waals surface area contributed by atoms with Crippen molar-refractivity contribution in [3.8, 4) is 11.5 Å². The van der Waals surface area contributed by atoms with Crippen molar-refractivity contribution in [2.45, 2.75) is 26.4 Å². The van der Waals surface area contributed by atoms with E-state index in [1.165, 1.54) is 12.1 Å². The molecule has 0 saturated carbocycles. The molecule has 0 bridgehead atoms. The van der Waals surface area contributed by atoms with Gasteiger partial charge in [-0.2, -0.15) is 0 Å². The summed E-state index contributed by atoms with van der Waals surface area (Å²) in [5.41, 5.74) is 1.05. The number of rotatable bonds is 5. The maximum absolute atomic E-state index is 12.9. The van der Waals surface area contributed by atoms with E-state index in [9.17, 15) is 4.39 Å². The van der Waals surface area contributed by atoms with Gasteiger partial charge in [-0.1, -0.05) is 29.8 Å². The van der Waals surface area contributed by atoms with E-state index in [1.54, 1.807) is 12.1 Å². The van der Waals surface area contributed by atoms with Crippen molar-refractivity contribution in [1.82, 2.24) is 5.32 Å². The van der Waals surface area contributed by atoms with E-state index in [0.29, 0.717) is 18.3 Å². The van der Waals surface area contributed by atoms with Gasteiger partial charge in [0.15, 0.2) is 0 Å². The molecule has 0 aromatic heterocycles. The van der Waals surface area contributed by atoms with Crippen LogP contribution < -0.4 is 10.1 Å². The third-order valence-electron chi connectivity index (χ3n) is 2.76. The molecular weight excluding hydrogens is 321 g/mol. The minimum Gasteiger partial charge on any atom is -0.457 e. The molecule has 0 fully saturated rings. The molecule has 2 aromatic carbocycles. The second kappa shape index (κ2) is 6.86. The van der Waals surface area contributed by atoms with Crippen molar-refractivity contribution >= 4 is 15.9 Å². The van der Waals surface area contributed by atoms with E-state index in [0.717, 1.165) is 15.8 Å². The lowest BCUT2D eigenvalue weighted by molar-refractivity contribution is 0.467. The Bertz CT molecular complexity index is 569. The van der Waals surface area contributed by atoms with Gasteiger partial charge in [0.25, 0.3) is 0 Å². The summed E-state index contributed by atoms with van der Waals surface area (Å²) in [6.07, 6.45) is 0. The second-order valence-corrected chi connectivity index (χ2v) is 5.76. The van der Waals surface area contributed by atoms with Gasteiger partial charge in [-0.05, 0) is 42.5 Å². The van der Waals surface area contributed by atoms with Crippen molar-refractivity contribution in [3.05, 3.63) is 58.3 Å². The first-order valence-corrected chi connectivity index (χ1v) is 7.29. The molecule has 0 heterocycles. The zero-order valence-electron chi connectivity index (χ0n) is 11.5. The summed E-state index contributed by atoms with van der Waals surface area (Å²) in [6.45, 7) is 4.91. The average molecular weight is 338 g/mol. The highest BCUT2D eigenvalue weighted by Gasteiger charge is 2.07. The molecule has 2 aromatic rings. The molecule has 0 spiro atoms. The molecule has 0 saturated heterocycles. The van der Waals surface area contributed by atoms with E-state index in [-0.39, 0.29) is 5.82 Å². The maximum atomic E-state index is 12.9. The van der Waals surface area contributed by atoms with Crippen LogP contribution in [0.5, 0.6) is 11.5 Å². The molecule has 0 aliphatic heterocycles. The zero-order chi connectivity index (χ0) is 14.5. The second-order valence-electron chi connectivity index (χ2n) is 4.84. The van der Waals surface area contributed by atoms with Gasteiger partial charge in [-0.15, -0.1) is 0 Å². The Labute approximate surface area is 127 Å². The fraction of sp³-hybridized carbons (Fsp3) is 0.250. The molecular formula is C16H17BrFNO. The maximum Gasteiger partial charge on any atom is 0.131 e. The third kappa shape index (κ3) is 4.32. The quantitative estimate of drug-likeness (QED) is 0.839. The van der Waals surface area contributed by atoms with E-state index in [2.05, 4.69) is 35.1 Å². The molecule has 0 radical (unpaired) electrons. The number of halogens is 2. The lowest BCUT2D eigenvalue weighted by atomic mass is 10.2. The van der Waals surface area contributed by atoms with Gasteiger partial charge < -0.3 is 10.1 Å². The molecule has 1 N–H and O–H groups in total. The zero-order valence-corrected chi connectivity index (χ0v) is 13.1. The summed E-state index contributed by atoms with van der Waals surface area (Å²) >= 11 is 3.47. The predicted molar refractivity (Wildman–Crippen MR) is 82.6 cm³/mol. The topological polar surface area (TPSA) is 21.3 Å². The van der Waals surface area contributed by atoms with Gasteiger partial charge >= 0.3 is 0 Å². The Balaban J connectivity index is 2.19. The Hall–Kier alpha value is -1.39. The van der Waals surface area contributed by atoms with Gasteiger partial charge in [0.05, 0.1) is 0 Å². The largest absolute Gasteiger partial charge is 0.457 e.